The van der Waals surface area contributed by atoms with E-state index in [0.29, 0.717) is 19.3 Å². The van der Waals surface area contributed by atoms with Gasteiger partial charge in [0.15, 0.2) is 6.10 Å². The second-order valence-electron chi connectivity index (χ2n) is 17.8. The monoisotopic (exact) mass is 869 g/mol. The minimum atomic E-state index is -0.779. The van der Waals surface area contributed by atoms with Crippen LogP contribution in [0.2, 0.25) is 0 Å². The number of carbonyl (C=O) groups excluding carboxylic acids is 3. The standard InChI is InChI=1S/C56H100O6/c1-4-7-10-13-16-19-22-25-27-29-31-34-37-40-43-46-49-55(58)61-52-53(51-60-54(57)48-45-42-39-36-33-30-24-21-18-15-12-9-6-3)62-56(59)50-47-44-41-38-35-32-28-26-23-20-17-14-11-8-5-2/h8,11,14,17,20,23,27,29,53H,4-7,9-10,12-13,15-16,18-19,21-22,24-26,28,30-52H2,1-3H3/b11-8-,17-14-,23-20-,29-27-. The first-order valence-corrected chi connectivity index (χ1v) is 26.7. The summed E-state index contributed by atoms with van der Waals surface area (Å²) in [5.74, 6) is -0.889. The van der Waals surface area contributed by atoms with Crippen molar-refractivity contribution >= 4 is 17.9 Å². The molecule has 0 aromatic heterocycles. The van der Waals surface area contributed by atoms with E-state index < -0.39 is 6.10 Å². The van der Waals surface area contributed by atoms with Crippen molar-refractivity contribution in [3.05, 3.63) is 48.6 Å². The molecule has 0 heterocycles. The maximum Gasteiger partial charge on any atom is 0.306 e. The minimum absolute atomic E-state index is 0.0782. The number of carbonyl (C=O) groups is 3. The van der Waals surface area contributed by atoms with Crippen LogP contribution in [0.4, 0.5) is 0 Å². The van der Waals surface area contributed by atoms with Gasteiger partial charge in [-0.05, 0) is 64.2 Å². The number of ether oxygens (including phenoxy) is 3. The van der Waals surface area contributed by atoms with E-state index in [1.54, 1.807) is 0 Å². The summed E-state index contributed by atoms with van der Waals surface area (Å²) in [5, 5.41) is 0. The van der Waals surface area contributed by atoms with Crippen LogP contribution in [0.15, 0.2) is 48.6 Å². The predicted octanol–water partition coefficient (Wildman–Crippen LogP) is 17.5. The van der Waals surface area contributed by atoms with Crippen LogP contribution in [0.1, 0.15) is 271 Å². The molecule has 6 heteroatoms. The van der Waals surface area contributed by atoms with E-state index in [1.165, 1.54) is 154 Å². The van der Waals surface area contributed by atoms with Crippen LogP contribution in [0.25, 0.3) is 0 Å². The Balaban J connectivity index is 4.38. The highest BCUT2D eigenvalue weighted by molar-refractivity contribution is 5.71. The number of allylic oxidation sites excluding steroid dienone is 8. The average Bonchev–Trinajstić information content (AvgIpc) is 3.27. The molecule has 0 fully saturated rings. The highest BCUT2D eigenvalue weighted by atomic mass is 16.6. The van der Waals surface area contributed by atoms with E-state index in [4.69, 9.17) is 14.2 Å². The summed E-state index contributed by atoms with van der Waals surface area (Å²) in [5.41, 5.74) is 0. The normalized spacial score (nSPS) is 12.4. The molecule has 0 aromatic carbocycles. The smallest absolute Gasteiger partial charge is 0.306 e. The van der Waals surface area contributed by atoms with Crippen LogP contribution >= 0.6 is 0 Å². The molecule has 0 saturated carbocycles. The Morgan fingerprint density at radius 1 is 0.339 bits per heavy atom. The fourth-order valence-electron chi connectivity index (χ4n) is 7.61. The summed E-state index contributed by atoms with van der Waals surface area (Å²) in [6.45, 7) is 6.51. The van der Waals surface area contributed by atoms with Gasteiger partial charge in [-0.2, -0.15) is 0 Å². The number of esters is 3. The van der Waals surface area contributed by atoms with E-state index >= 15 is 0 Å². The lowest BCUT2D eigenvalue weighted by Crippen LogP contribution is -2.30. The number of rotatable bonds is 48. The minimum Gasteiger partial charge on any atom is -0.462 e. The van der Waals surface area contributed by atoms with Crippen molar-refractivity contribution < 1.29 is 28.6 Å². The van der Waals surface area contributed by atoms with Gasteiger partial charge in [-0.3, -0.25) is 14.4 Å². The quantitative estimate of drug-likeness (QED) is 0.0199. The Morgan fingerprint density at radius 2 is 0.645 bits per heavy atom. The van der Waals surface area contributed by atoms with E-state index in [0.717, 1.165) is 77.0 Å². The molecule has 0 amide bonds. The summed E-state index contributed by atoms with van der Waals surface area (Å²) in [6.07, 6.45) is 60.9. The molecule has 6 nitrogen and oxygen atoms in total. The van der Waals surface area contributed by atoms with Crippen LogP contribution < -0.4 is 0 Å². The summed E-state index contributed by atoms with van der Waals surface area (Å²) in [6, 6.07) is 0. The fourth-order valence-corrected chi connectivity index (χ4v) is 7.61. The van der Waals surface area contributed by atoms with Gasteiger partial charge in [-0.25, -0.2) is 0 Å². The molecular weight excluding hydrogens is 769 g/mol. The molecule has 1 atom stereocenters. The largest absolute Gasteiger partial charge is 0.462 e. The van der Waals surface area contributed by atoms with Crippen molar-refractivity contribution in [1.29, 1.82) is 0 Å². The van der Waals surface area contributed by atoms with E-state index in [-0.39, 0.29) is 31.1 Å². The molecule has 0 rings (SSSR count). The average molecular weight is 869 g/mol. The summed E-state index contributed by atoms with van der Waals surface area (Å²) in [4.78, 5) is 38.0. The zero-order chi connectivity index (χ0) is 45.1. The van der Waals surface area contributed by atoms with Crippen molar-refractivity contribution in [3.63, 3.8) is 0 Å². The van der Waals surface area contributed by atoms with Crippen molar-refractivity contribution in [2.45, 2.75) is 277 Å². The molecule has 0 bridgehead atoms. The van der Waals surface area contributed by atoms with Crippen molar-refractivity contribution in [2.24, 2.45) is 0 Å². The third kappa shape index (κ3) is 48.4. The molecule has 0 spiro atoms. The maximum absolute atomic E-state index is 12.8. The van der Waals surface area contributed by atoms with E-state index in [2.05, 4.69) is 69.4 Å². The van der Waals surface area contributed by atoms with Gasteiger partial charge in [-0.1, -0.05) is 236 Å². The van der Waals surface area contributed by atoms with Crippen LogP contribution in [0.3, 0.4) is 0 Å². The van der Waals surface area contributed by atoms with Crippen LogP contribution in [-0.2, 0) is 28.6 Å². The Hall–Kier alpha value is -2.63. The molecule has 0 N–H and O–H groups in total. The zero-order valence-corrected chi connectivity index (χ0v) is 41.1. The summed E-state index contributed by atoms with van der Waals surface area (Å²) < 4.78 is 16.8. The Bertz CT molecular complexity index is 1090. The predicted molar refractivity (Wildman–Crippen MR) is 265 cm³/mol. The molecule has 0 radical (unpaired) electrons. The van der Waals surface area contributed by atoms with Gasteiger partial charge in [0.05, 0.1) is 0 Å². The third-order valence-corrected chi connectivity index (χ3v) is 11.6. The van der Waals surface area contributed by atoms with E-state index in [9.17, 15) is 14.4 Å². The number of hydrogen-bond acceptors (Lipinski definition) is 6. The van der Waals surface area contributed by atoms with Gasteiger partial charge in [0.1, 0.15) is 13.2 Å². The van der Waals surface area contributed by atoms with E-state index in [1.807, 2.05) is 0 Å². The Labute approximate surface area is 384 Å². The molecule has 0 aromatic rings. The molecule has 360 valence electrons. The molecule has 0 aliphatic heterocycles. The van der Waals surface area contributed by atoms with Gasteiger partial charge in [0, 0.05) is 19.3 Å². The molecule has 1 unspecified atom stereocenters. The van der Waals surface area contributed by atoms with Crippen LogP contribution in [0, 0.1) is 0 Å². The number of unbranched alkanes of at least 4 members (excludes halogenated alkanes) is 31. The highest BCUT2D eigenvalue weighted by Crippen LogP contribution is 2.15. The zero-order valence-electron chi connectivity index (χ0n) is 41.1. The third-order valence-electron chi connectivity index (χ3n) is 11.6. The first-order valence-electron chi connectivity index (χ1n) is 26.7. The summed E-state index contributed by atoms with van der Waals surface area (Å²) in [7, 11) is 0. The summed E-state index contributed by atoms with van der Waals surface area (Å²) >= 11 is 0. The van der Waals surface area contributed by atoms with Crippen molar-refractivity contribution in [2.75, 3.05) is 13.2 Å². The maximum atomic E-state index is 12.8. The molecule has 0 aliphatic rings. The van der Waals surface area contributed by atoms with Gasteiger partial charge in [-0.15, -0.1) is 0 Å². The van der Waals surface area contributed by atoms with Crippen LogP contribution in [-0.4, -0.2) is 37.2 Å². The molecular formula is C56H100O6. The SMILES string of the molecule is CC\C=C/C=C\C=C/CCCCCCCCCC(=O)OC(COC(=O)CCCCCCC/C=C\CCCCCCCCC)COC(=O)CCCCCCCCCCCCCCC. The Morgan fingerprint density at radius 3 is 1.02 bits per heavy atom. The van der Waals surface area contributed by atoms with Gasteiger partial charge in [0.2, 0.25) is 0 Å². The molecule has 62 heavy (non-hydrogen) atoms. The lowest BCUT2D eigenvalue weighted by Gasteiger charge is -2.18. The first kappa shape index (κ1) is 59.4. The lowest BCUT2D eigenvalue weighted by molar-refractivity contribution is -0.167. The first-order chi connectivity index (χ1) is 30.5. The second-order valence-corrected chi connectivity index (χ2v) is 17.8. The molecule has 0 saturated heterocycles. The van der Waals surface area contributed by atoms with Gasteiger partial charge in [0.25, 0.3) is 0 Å². The second kappa shape index (κ2) is 51.0. The molecule has 0 aliphatic carbocycles. The van der Waals surface area contributed by atoms with Gasteiger partial charge < -0.3 is 14.2 Å². The highest BCUT2D eigenvalue weighted by Gasteiger charge is 2.19. The number of hydrogen-bond donors (Lipinski definition) is 0. The van der Waals surface area contributed by atoms with Crippen molar-refractivity contribution in [1.82, 2.24) is 0 Å². The lowest BCUT2D eigenvalue weighted by atomic mass is 10.0. The van der Waals surface area contributed by atoms with Crippen LogP contribution in [0.5, 0.6) is 0 Å². The van der Waals surface area contributed by atoms with Crippen molar-refractivity contribution in [3.8, 4) is 0 Å². The Kier molecular flexibility index (Phi) is 48.8. The fraction of sp³-hybridized carbons (Fsp3) is 0.804. The van der Waals surface area contributed by atoms with Gasteiger partial charge >= 0.3 is 17.9 Å². The topological polar surface area (TPSA) is 78.9 Å².